The molecular weight excluding hydrogens is 425 g/mol. The molecule has 0 aliphatic heterocycles. The zero-order valence-corrected chi connectivity index (χ0v) is 13.4. The van der Waals surface area contributed by atoms with Crippen molar-refractivity contribution in [3.63, 3.8) is 0 Å². The molecular formula is C13H9BrINO3. The Labute approximate surface area is 132 Å². The topological polar surface area (TPSA) is 52.4 Å². The maximum absolute atomic E-state index is 10.6. The summed E-state index contributed by atoms with van der Waals surface area (Å²) < 4.78 is 7.44. The Bertz CT molecular complexity index is 601. The van der Waals surface area contributed by atoms with E-state index in [1.807, 2.05) is 24.3 Å². The average Bonchev–Trinajstić information content (AvgIpc) is 2.39. The summed E-state index contributed by atoms with van der Waals surface area (Å²) >= 11 is 5.54. The molecule has 0 radical (unpaired) electrons. The highest BCUT2D eigenvalue weighted by molar-refractivity contribution is 14.1. The largest absolute Gasteiger partial charge is 0.489 e. The van der Waals surface area contributed by atoms with Crippen molar-refractivity contribution in [2.75, 3.05) is 0 Å². The molecule has 4 nitrogen and oxygen atoms in total. The Morgan fingerprint density at radius 1 is 1.21 bits per heavy atom. The van der Waals surface area contributed by atoms with E-state index in [0.29, 0.717) is 11.1 Å². The van der Waals surface area contributed by atoms with Gasteiger partial charge in [0.15, 0.2) is 0 Å². The number of non-ortho nitro benzene ring substituents is 1. The summed E-state index contributed by atoms with van der Waals surface area (Å²) in [5.74, 6) is 0.769. The molecule has 0 saturated heterocycles. The van der Waals surface area contributed by atoms with Crippen LogP contribution in [-0.2, 0) is 6.61 Å². The molecule has 0 atom stereocenters. The molecule has 2 aromatic rings. The summed E-state index contributed by atoms with van der Waals surface area (Å²) in [6.07, 6.45) is 0. The fraction of sp³-hybridized carbons (Fsp3) is 0.0769. The highest BCUT2D eigenvalue weighted by Crippen LogP contribution is 2.24. The molecule has 0 fully saturated rings. The van der Waals surface area contributed by atoms with Gasteiger partial charge in [-0.15, -0.1) is 0 Å². The van der Waals surface area contributed by atoms with Crippen molar-refractivity contribution in [1.82, 2.24) is 0 Å². The van der Waals surface area contributed by atoms with Gasteiger partial charge in [-0.05, 0) is 52.9 Å². The summed E-state index contributed by atoms with van der Waals surface area (Å²) in [6, 6.07) is 12.3. The Balaban J connectivity index is 2.07. The first-order chi connectivity index (χ1) is 9.06. The van der Waals surface area contributed by atoms with Crippen molar-refractivity contribution in [2.24, 2.45) is 0 Å². The van der Waals surface area contributed by atoms with Crippen LogP contribution in [0.4, 0.5) is 5.69 Å². The van der Waals surface area contributed by atoms with E-state index < -0.39 is 4.92 Å². The summed E-state index contributed by atoms with van der Waals surface area (Å²) in [7, 11) is 0. The lowest BCUT2D eigenvalue weighted by Gasteiger charge is -2.08. The maximum Gasteiger partial charge on any atom is 0.270 e. The highest BCUT2D eigenvalue weighted by Gasteiger charge is 2.09. The third-order valence-electron chi connectivity index (χ3n) is 2.46. The molecule has 0 unspecified atom stereocenters. The SMILES string of the molecule is O=[N+]([O-])c1ccc(COc2ccc(I)cc2)c(Br)c1. The van der Waals surface area contributed by atoms with Gasteiger partial charge in [-0.3, -0.25) is 10.1 Å². The van der Waals surface area contributed by atoms with E-state index in [-0.39, 0.29) is 5.69 Å². The molecule has 0 amide bonds. The second-order valence-corrected chi connectivity index (χ2v) is 5.88. The molecule has 0 heterocycles. The van der Waals surface area contributed by atoms with Gasteiger partial charge in [-0.25, -0.2) is 0 Å². The summed E-state index contributed by atoms with van der Waals surface area (Å²) in [4.78, 5) is 10.2. The van der Waals surface area contributed by atoms with Crippen LogP contribution >= 0.6 is 38.5 Å². The minimum Gasteiger partial charge on any atom is -0.489 e. The fourth-order valence-corrected chi connectivity index (χ4v) is 2.30. The number of halogens is 2. The second-order valence-electron chi connectivity index (χ2n) is 3.78. The lowest BCUT2D eigenvalue weighted by molar-refractivity contribution is -0.384. The van der Waals surface area contributed by atoms with E-state index in [1.54, 1.807) is 6.07 Å². The number of hydrogen-bond donors (Lipinski definition) is 0. The van der Waals surface area contributed by atoms with Gasteiger partial charge < -0.3 is 4.74 Å². The van der Waals surface area contributed by atoms with Crippen LogP contribution in [0.5, 0.6) is 5.75 Å². The smallest absolute Gasteiger partial charge is 0.270 e. The molecule has 0 aliphatic rings. The molecule has 0 bridgehead atoms. The highest BCUT2D eigenvalue weighted by atomic mass is 127. The van der Waals surface area contributed by atoms with Gasteiger partial charge in [0.05, 0.1) is 4.92 Å². The van der Waals surface area contributed by atoms with E-state index in [0.717, 1.165) is 14.9 Å². The number of rotatable bonds is 4. The van der Waals surface area contributed by atoms with Crippen molar-refractivity contribution in [1.29, 1.82) is 0 Å². The zero-order chi connectivity index (χ0) is 13.8. The molecule has 98 valence electrons. The van der Waals surface area contributed by atoms with Gasteiger partial charge in [-0.2, -0.15) is 0 Å². The van der Waals surface area contributed by atoms with Gasteiger partial charge in [0.25, 0.3) is 5.69 Å². The third-order valence-corrected chi connectivity index (χ3v) is 3.91. The van der Waals surface area contributed by atoms with Crippen LogP contribution in [-0.4, -0.2) is 4.92 Å². The van der Waals surface area contributed by atoms with Gasteiger partial charge in [0.1, 0.15) is 12.4 Å². The molecule has 6 heteroatoms. The summed E-state index contributed by atoms with van der Waals surface area (Å²) in [6.45, 7) is 0.360. The number of nitro groups is 1. The Hall–Kier alpha value is -1.15. The predicted octanol–water partition coefficient (Wildman–Crippen LogP) is 4.54. The average molecular weight is 434 g/mol. The minimum absolute atomic E-state index is 0.0601. The van der Waals surface area contributed by atoms with Gasteiger partial charge in [0.2, 0.25) is 0 Å². The summed E-state index contributed by atoms with van der Waals surface area (Å²) in [5, 5.41) is 10.6. The molecule has 2 rings (SSSR count). The standard InChI is InChI=1S/C13H9BrINO3/c14-13-7-11(16(17)18)4-1-9(13)8-19-12-5-2-10(15)3-6-12/h1-7H,8H2. The minimum atomic E-state index is -0.422. The number of nitrogens with zero attached hydrogens (tertiary/aromatic N) is 1. The van der Waals surface area contributed by atoms with Gasteiger partial charge in [-0.1, -0.05) is 15.9 Å². The van der Waals surface area contributed by atoms with E-state index in [1.165, 1.54) is 12.1 Å². The Kier molecular flexibility index (Phi) is 4.76. The Morgan fingerprint density at radius 3 is 2.47 bits per heavy atom. The molecule has 0 spiro atoms. The van der Waals surface area contributed by atoms with Crippen molar-refractivity contribution >= 4 is 44.2 Å². The number of benzene rings is 2. The molecule has 0 saturated carbocycles. The maximum atomic E-state index is 10.6. The van der Waals surface area contributed by atoms with Crippen LogP contribution in [0, 0.1) is 13.7 Å². The van der Waals surface area contributed by atoms with Gasteiger partial charge in [0, 0.05) is 25.7 Å². The molecule has 19 heavy (non-hydrogen) atoms. The number of ether oxygens (including phenoxy) is 1. The van der Waals surface area contributed by atoms with E-state index in [2.05, 4.69) is 38.5 Å². The van der Waals surface area contributed by atoms with Crippen molar-refractivity contribution in [2.45, 2.75) is 6.61 Å². The Morgan fingerprint density at radius 2 is 1.89 bits per heavy atom. The first kappa shape index (κ1) is 14.3. The van der Waals surface area contributed by atoms with E-state index in [4.69, 9.17) is 4.74 Å². The molecule has 0 aliphatic carbocycles. The van der Waals surface area contributed by atoms with Crippen LogP contribution < -0.4 is 4.74 Å². The first-order valence-corrected chi connectivity index (χ1v) is 7.24. The molecule has 2 aromatic carbocycles. The molecule has 0 aromatic heterocycles. The van der Waals surface area contributed by atoms with E-state index in [9.17, 15) is 10.1 Å². The van der Waals surface area contributed by atoms with Crippen LogP contribution in [0.25, 0.3) is 0 Å². The van der Waals surface area contributed by atoms with Crippen molar-refractivity contribution < 1.29 is 9.66 Å². The first-order valence-electron chi connectivity index (χ1n) is 5.37. The second kappa shape index (κ2) is 6.33. The fourth-order valence-electron chi connectivity index (χ4n) is 1.46. The number of hydrogen-bond acceptors (Lipinski definition) is 3. The predicted molar refractivity (Wildman–Crippen MR) is 84.3 cm³/mol. The van der Waals surface area contributed by atoms with Crippen LogP contribution in [0.3, 0.4) is 0 Å². The van der Waals surface area contributed by atoms with Crippen molar-refractivity contribution in [3.05, 3.63) is 66.2 Å². The lowest BCUT2D eigenvalue weighted by atomic mass is 10.2. The van der Waals surface area contributed by atoms with Crippen LogP contribution in [0.15, 0.2) is 46.9 Å². The quantitative estimate of drug-likeness (QED) is 0.404. The lowest BCUT2D eigenvalue weighted by Crippen LogP contribution is -1.97. The van der Waals surface area contributed by atoms with Crippen molar-refractivity contribution in [3.8, 4) is 5.75 Å². The van der Waals surface area contributed by atoms with Crippen LogP contribution in [0.1, 0.15) is 5.56 Å². The van der Waals surface area contributed by atoms with Crippen LogP contribution in [0.2, 0.25) is 0 Å². The zero-order valence-electron chi connectivity index (χ0n) is 9.68. The molecule has 0 N–H and O–H groups in total. The summed E-state index contributed by atoms with van der Waals surface area (Å²) in [5.41, 5.74) is 0.925. The normalized spacial score (nSPS) is 10.2. The van der Waals surface area contributed by atoms with E-state index >= 15 is 0 Å². The number of nitro benzene ring substituents is 1. The third kappa shape index (κ3) is 3.90. The monoisotopic (exact) mass is 433 g/mol. The van der Waals surface area contributed by atoms with Gasteiger partial charge >= 0.3 is 0 Å².